The molecule has 1 rings (SSSR count). The SMILES string of the molecule is CCOC(=O)C1=C(CC)C=CCC1(C)C. The predicted molar refractivity (Wildman–Crippen MR) is 61.5 cm³/mol. The molecule has 0 unspecified atom stereocenters. The maximum Gasteiger partial charge on any atom is 0.334 e. The van der Waals surface area contributed by atoms with E-state index >= 15 is 0 Å². The zero-order chi connectivity index (χ0) is 11.5. The molecule has 0 amide bonds. The van der Waals surface area contributed by atoms with Gasteiger partial charge in [-0.2, -0.15) is 0 Å². The first-order valence-corrected chi connectivity index (χ1v) is 5.60. The number of hydrogen-bond acceptors (Lipinski definition) is 2. The maximum absolute atomic E-state index is 11.9. The van der Waals surface area contributed by atoms with Crippen LogP contribution in [0.5, 0.6) is 0 Å². The normalized spacial score (nSPS) is 19.2. The fraction of sp³-hybridized carbons (Fsp3) is 0.615. The number of allylic oxidation sites excluding steroid dienone is 3. The van der Waals surface area contributed by atoms with Crippen molar-refractivity contribution < 1.29 is 9.53 Å². The van der Waals surface area contributed by atoms with Gasteiger partial charge in [-0.3, -0.25) is 0 Å². The Morgan fingerprint density at radius 3 is 2.67 bits per heavy atom. The van der Waals surface area contributed by atoms with Gasteiger partial charge < -0.3 is 4.74 Å². The summed E-state index contributed by atoms with van der Waals surface area (Å²) in [5.74, 6) is -0.149. The third-order valence-corrected chi connectivity index (χ3v) is 2.81. The fourth-order valence-corrected chi connectivity index (χ4v) is 2.02. The molecule has 0 aliphatic heterocycles. The predicted octanol–water partition coefficient (Wildman–Crippen LogP) is 3.24. The molecule has 0 N–H and O–H groups in total. The summed E-state index contributed by atoms with van der Waals surface area (Å²) in [5.41, 5.74) is 1.88. The van der Waals surface area contributed by atoms with Gasteiger partial charge in [-0.15, -0.1) is 0 Å². The molecule has 1 aliphatic rings. The Balaban J connectivity index is 3.08. The topological polar surface area (TPSA) is 26.3 Å². The lowest BCUT2D eigenvalue weighted by Crippen LogP contribution is -2.26. The number of hydrogen-bond donors (Lipinski definition) is 0. The third kappa shape index (κ3) is 2.49. The standard InChI is InChI=1S/C13H20O2/c1-5-10-8-7-9-13(3,4)11(10)12(14)15-6-2/h7-8H,5-6,9H2,1-4H3. The summed E-state index contributed by atoms with van der Waals surface area (Å²) in [6, 6.07) is 0. The highest BCUT2D eigenvalue weighted by Gasteiger charge is 2.32. The number of rotatable bonds is 3. The number of esters is 1. The summed E-state index contributed by atoms with van der Waals surface area (Å²) in [6.45, 7) is 8.55. The summed E-state index contributed by atoms with van der Waals surface area (Å²) in [4.78, 5) is 11.9. The zero-order valence-electron chi connectivity index (χ0n) is 10.1. The largest absolute Gasteiger partial charge is 0.463 e. The Kier molecular flexibility index (Phi) is 3.72. The quantitative estimate of drug-likeness (QED) is 0.665. The molecule has 2 heteroatoms. The molecular weight excluding hydrogens is 188 g/mol. The molecule has 0 saturated heterocycles. The molecule has 0 saturated carbocycles. The molecule has 0 spiro atoms. The minimum absolute atomic E-state index is 0.0909. The average Bonchev–Trinajstić information content (AvgIpc) is 2.16. The number of carbonyl (C=O) groups is 1. The second-order valence-corrected chi connectivity index (χ2v) is 4.46. The van der Waals surface area contributed by atoms with Crippen LogP contribution >= 0.6 is 0 Å². The van der Waals surface area contributed by atoms with Gasteiger partial charge in [0.05, 0.1) is 6.61 Å². The molecule has 0 aromatic heterocycles. The summed E-state index contributed by atoms with van der Waals surface area (Å²) >= 11 is 0. The van der Waals surface area contributed by atoms with Crippen LogP contribution in [0, 0.1) is 5.41 Å². The van der Waals surface area contributed by atoms with Crippen molar-refractivity contribution in [3.05, 3.63) is 23.3 Å². The maximum atomic E-state index is 11.9. The van der Waals surface area contributed by atoms with Crippen LogP contribution in [0.25, 0.3) is 0 Å². The molecule has 0 atom stereocenters. The van der Waals surface area contributed by atoms with Crippen LogP contribution in [0.1, 0.15) is 40.5 Å². The van der Waals surface area contributed by atoms with Gasteiger partial charge in [0.15, 0.2) is 0 Å². The van der Waals surface area contributed by atoms with E-state index < -0.39 is 0 Å². The van der Waals surface area contributed by atoms with Gasteiger partial charge in [0, 0.05) is 11.0 Å². The van der Waals surface area contributed by atoms with E-state index in [1.54, 1.807) is 0 Å². The van der Waals surface area contributed by atoms with Gasteiger partial charge in [0.25, 0.3) is 0 Å². The number of carbonyl (C=O) groups excluding carboxylic acids is 1. The first kappa shape index (κ1) is 12.0. The molecule has 0 bridgehead atoms. The molecule has 0 aromatic carbocycles. The van der Waals surface area contributed by atoms with Crippen LogP contribution in [-0.4, -0.2) is 12.6 Å². The van der Waals surface area contributed by atoms with Gasteiger partial charge in [0.1, 0.15) is 0 Å². The Labute approximate surface area is 92.0 Å². The van der Waals surface area contributed by atoms with Crippen molar-refractivity contribution in [2.75, 3.05) is 6.61 Å². The van der Waals surface area contributed by atoms with Crippen LogP contribution < -0.4 is 0 Å². The minimum atomic E-state index is -0.149. The molecule has 0 aromatic rings. The summed E-state index contributed by atoms with van der Waals surface area (Å²) in [6.07, 6.45) is 5.98. The van der Waals surface area contributed by atoms with E-state index in [0.717, 1.165) is 24.0 Å². The highest BCUT2D eigenvalue weighted by molar-refractivity contribution is 5.91. The summed E-state index contributed by atoms with van der Waals surface area (Å²) < 4.78 is 5.12. The van der Waals surface area contributed by atoms with Crippen molar-refractivity contribution in [1.29, 1.82) is 0 Å². The monoisotopic (exact) mass is 208 g/mol. The van der Waals surface area contributed by atoms with E-state index in [-0.39, 0.29) is 11.4 Å². The van der Waals surface area contributed by atoms with Crippen LogP contribution in [0.15, 0.2) is 23.3 Å². The lowest BCUT2D eigenvalue weighted by atomic mass is 9.75. The molecule has 0 fully saturated rings. The average molecular weight is 208 g/mol. The Hall–Kier alpha value is -1.05. The van der Waals surface area contributed by atoms with Crippen LogP contribution in [0.3, 0.4) is 0 Å². The molecular formula is C13H20O2. The lowest BCUT2D eigenvalue weighted by Gasteiger charge is -2.30. The van der Waals surface area contributed by atoms with E-state index in [1.807, 2.05) is 6.92 Å². The smallest absolute Gasteiger partial charge is 0.334 e. The second kappa shape index (κ2) is 4.65. The van der Waals surface area contributed by atoms with E-state index in [0.29, 0.717) is 6.61 Å². The molecule has 0 heterocycles. The summed E-state index contributed by atoms with van der Waals surface area (Å²) in [5, 5.41) is 0. The van der Waals surface area contributed by atoms with Crippen molar-refractivity contribution in [2.45, 2.75) is 40.5 Å². The lowest BCUT2D eigenvalue weighted by molar-refractivity contribution is -0.139. The highest BCUT2D eigenvalue weighted by atomic mass is 16.5. The van der Waals surface area contributed by atoms with Crippen molar-refractivity contribution in [3.63, 3.8) is 0 Å². The van der Waals surface area contributed by atoms with E-state index in [4.69, 9.17) is 4.74 Å². The van der Waals surface area contributed by atoms with Gasteiger partial charge in [-0.05, 0) is 25.3 Å². The first-order chi connectivity index (χ1) is 7.03. The molecule has 2 nitrogen and oxygen atoms in total. The van der Waals surface area contributed by atoms with E-state index in [1.165, 1.54) is 0 Å². The van der Waals surface area contributed by atoms with Crippen molar-refractivity contribution in [3.8, 4) is 0 Å². The number of ether oxygens (including phenoxy) is 1. The zero-order valence-corrected chi connectivity index (χ0v) is 10.1. The third-order valence-electron chi connectivity index (χ3n) is 2.81. The van der Waals surface area contributed by atoms with Crippen molar-refractivity contribution in [1.82, 2.24) is 0 Å². The van der Waals surface area contributed by atoms with Gasteiger partial charge in [-0.1, -0.05) is 32.9 Å². The molecule has 0 radical (unpaired) electrons. The van der Waals surface area contributed by atoms with Crippen molar-refractivity contribution >= 4 is 5.97 Å². The minimum Gasteiger partial charge on any atom is -0.463 e. The molecule has 15 heavy (non-hydrogen) atoms. The van der Waals surface area contributed by atoms with E-state index in [9.17, 15) is 4.79 Å². The Morgan fingerprint density at radius 1 is 1.47 bits per heavy atom. The fourth-order valence-electron chi connectivity index (χ4n) is 2.02. The van der Waals surface area contributed by atoms with Crippen LogP contribution in [0.4, 0.5) is 0 Å². The van der Waals surface area contributed by atoms with Gasteiger partial charge in [0.2, 0.25) is 0 Å². The van der Waals surface area contributed by atoms with Gasteiger partial charge >= 0.3 is 5.97 Å². The second-order valence-electron chi connectivity index (χ2n) is 4.46. The molecule has 1 aliphatic carbocycles. The Morgan fingerprint density at radius 2 is 2.13 bits per heavy atom. The molecule has 84 valence electrons. The van der Waals surface area contributed by atoms with Crippen molar-refractivity contribution in [2.24, 2.45) is 5.41 Å². The van der Waals surface area contributed by atoms with Gasteiger partial charge in [-0.25, -0.2) is 4.79 Å². The van der Waals surface area contributed by atoms with Crippen LogP contribution in [0.2, 0.25) is 0 Å². The first-order valence-electron chi connectivity index (χ1n) is 5.60. The Bertz CT molecular complexity index is 308. The summed E-state index contributed by atoms with van der Waals surface area (Å²) in [7, 11) is 0. The van der Waals surface area contributed by atoms with Crippen LogP contribution in [-0.2, 0) is 9.53 Å². The van der Waals surface area contributed by atoms with E-state index in [2.05, 4.69) is 32.9 Å². The highest BCUT2D eigenvalue weighted by Crippen LogP contribution is 2.38.